The number of rotatable bonds is 1. The highest BCUT2D eigenvalue weighted by molar-refractivity contribution is 6.31. The van der Waals surface area contributed by atoms with Crippen molar-refractivity contribution in [3.63, 3.8) is 0 Å². The predicted octanol–water partition coefficient (Wildman–Crippen LogP) is 3.22. The lowest BCUT2D eigenvalue weighted by atomic mass is 10.1. The fraction of sp³-hybridized carbons (Fsp3) is 0.0833. The minimum Gasteiger partial charge on any atom is -0.361 e. The lowest BCUT2D eigenvalue weighted by Crippen LogP contribution is -1.83. The number of nitrogens with zero attached hydrogens (tertiary/aromatic N) is 2. The van der Waals surface area contributed by atoms with Gasteiger partial charge in [0.2, 0.25) is 0 Å². The minimum atomic E-state index is 0.747. The molecule has 3 nitrogen and oxygen atoms in total. The van der Waals surface area contributed by atoms with Crippen LogP contribution >= 0.6 is 11.6 Å². The molecule has 0 fully saturated rings. The van der Waals surface area contributed by atoms with Crippen molar-refractivity contribution in [3.05, 3.63) is 41.8 Å². The summed E-state index contributed by atoms with van der Waals surface area (Å²) in [6.07, 6.45) is 5.82. The fourth-order valence-corrected chi connectivity index (χ4v) is 2.06. The zero-order valence-corrected chi connectivity index (χ0v) is 9.49. The second-order valence-corrected chi connectivity index (χ2v) is 4.23. The third-order valence-corrected chi connectivity index (χ3v) is 2.89. The first-order valence-corrected chi connectivity index (χ1v) is 5.37. The number of nitrogens with one attached hydrogen (secondary N) is 1. The molecule has 0 saturated heterocycles. The van der Waals surface area contributed by atoms with E-state index in [0.717, 1.165) is 27.1 Å². The minimum absolute atomic E-state index is 0.747. The average Bonchev–Trinajstić information content (AvgIpc) is 2.83. The van der Waals surface area contributed by atoms with Crippen LogP contribution in [0.5, 0.6) is 0 Å². The fourth-order valence-electron chi connectivity index (χ4n) is 1.89. The lowest BCUT2D eigenvalue weighted by Gasteiger charge is -1.95. The summed E-state index contributed by atoms with van der Waals surface area (Å²) >= 11 is 6.01. The number of benzene rings is 1. The van der Waals surface area contributed by atoms with E-state index in [1.807, 2.05) is 43.8 Å². The van der Waals surface area contributed by atoms with Crippen LogP contribution in [-0.4, -0.2) is 14.8 Å². The van der Waals surface area contributed by atoms with Gasteiger partial charge in [-0.25, -0.2) is 0 Å². The van der Waals surface area contributed by atoms with Crippen molar-refractivity contribution in [2.24, 2.45) is 7.05 Å². The Labute approximate surface area is 97.7 Å². The molecule has 0 aliphatic carbocycles. The second kappa shape index (κ2) is 3.39. The van der Waals surface area contributed by atoms with E-state index < -0.39 is 0 Å². The summed E-state index contributed by atoms with van der Waals surface area (Å²) in [5, 5.41) is 6.04. The molecular weight excluding hydrogens is 222 g/mol. The van der Waals surface area contributed by atoms with Crippen molar-refractivity contribution in [1.29, 1.82) is 0 Å². The molecule has 16 heavy (non-hydrogen) atoms. The van der Waals surface area contributed by atoms with Gasteiger partial charge in [-0.15, -0.1) is 0 Å². The van der Waals surface area contributed by atoms with Gasteiger partial charge in [0.1, 0.15) is 0 Å². The quantitative estimate of drug-likeness (QED) is 0.686. The van der Waals surface area contributed by atoms with Crippen molar-refractivity contribution in [1.82, 2.24) is 14.8 Å². The van der Waals surface area contributed by atoms with E-state index in [0.29, 0.717) is 0 Å². The van der Waals surface area contributed by atoms with Crippen molar-refractivity contribution in [3.8, 4) is 11.1 Å². The summed E-state index contributed by atoms with van der Waals surface area (Å²) in [5.41, 5.74) is 3.31. The molecule has 3 aromatic rings. The van der Waals surface area contributed by atoms with Crippen LogP contribution in [0, 0.1) is 0 Å². The van der Waals surface area contributed by atoms with Gasteiger partial charge in [0, 0.05) is 46.5 Å². The van der Waals surface area contributed by atoms with E-state index >= 15 is 0 Å². The molecule has 2 heterocycles. The Morgan fingerprint density at radius 1 is 1.38 bits per heavy atom. The normalized spacial score (nSPS) is 11.1. The molecule has 1 N–H and O–H groups in total. The monoisotopic (exact) mass is 231 g/mol. The van der Waals surface area contributed by atoms with Crippen LogP contribution in [-0.2, 0) is 7.05 Å². The van der Waals surface area contributed by atoms with Crippen molar-refractivity contribution in [2.75, 3.05) is 0 Å². The molecule has 0 radical (unpaired) electrons. The molecule has 0 bridgehead atoms. The van der Waals surface area contributed by atoms with Gasteiger partial charge in [0.05, 0.1) is 6.20 Å². The summed E-state index contributed by atoms with van der Waals surface area (Å²) in [5.74, 6) is 0. The Morgan fingerprint density at radius 2 is 2.25 bits per heavy atom. The lowest BCUT2D eigenvalue weighted by molar-refractivity contribution is 0.768. The van der Waals surface area contributed by atoms with Crippen molar-refractivity contribution >= 4 is 22.5 Å². The summed E-state index contributed by atoms with van der Waals surface area (Å²) in [7, 11) is 1.91. The molecule has 0 aliphatic rings. The molecule has 80 valence electrons. The van der Waals surface area contributed by atoms with Gasteiger partial charge in [-0.1, -0.05) is 11.6 Å². The zero-order valence-electron chi connectivity index (χ0n) is 8.74. The first-order valence-electron chi connectivity index (χ1n) is 5.00. The molecule has 0 atom stereocenters. The molecule has 0 saturated carbocycles. The Kier molecular flexibility index (Phi) is 2.01. The molecule has 1 aromatic carbocycles. The molecule has 4 heteroatoms. The molecule has 2 aromatic heterocycles. The molecule has 0 aliphatic heterocycles. The SMILES string of the molecule is Cn1cc(-c2c[nH]c3ccc(Cl)cc23)cn1. The maximum atomic E-state index is 6.01. The van der Waals surface area contributed by atoms with Crippen LogP contribution in [0.25, 0.3) is 22.0 Å². The van der Waals surface area contributed by atoms with Crippen molar-refractivity contribution in [2.45, 2.75) is 0 Å². The topological polar surface area (TPSA) is 33.6 Å². The van der Waals surface area contributed by atoms with E-state index in [1.165, 1.54) is 0 Å². The van der Waals surface area contributed by atoms with Gasteiger partial charge in [-0.3, -0.25) is 4.68 Å². The maximum Gasteiger partial charge on any atom is 0.0568 e. The molecule has 0 unspecified atom stereocenters. The zero-order chi connectivity index (χ0) is 11.1. The van der Waals surface area contributed by atoms with Gasteiger partial charge in [-0.05, 0) is 18.2 Å². The third kappa shape index (κ3) is 1.41. The van der Waals surface area contributed by atoms with E-state index in [-0.39, 0.29) is 0 Å². The highest BCUT2D eigenvalue weighted by atomic mass is 35.5. The summed E-state index contributed by atoms with van der Waals surface area (Å²) in [6, 6.07) is 5.83. The van der Waals surface area contributed by atoms with Gasteiger partial charge >= 0.3 is 0 Å². The number of aromatic nitrogens is 3. The summed E-state index contributed by atoms with van der Waals surface area (Å²) in [6.45, 7) is 0. The Balaban J connectivity index is 2.27. The smallest absolute Gasteiger partial charge is 0.0568 e. The number of hydrogen-bond acceptors (Lipinski definition) is 1. The molecule has 3 rings (SSSR count). The number of aryl methyl sites for hydroxylation is 1. The largest absolute Gasteiger partial charge is 0.361 e. The van der Waals surface area contributed by atoms with Gasteiger partial charge in [0.15, 0.2) is 0 Å². The third-order valence-electron chi connectivity index (χ3n) is 2.66. The number of hydrogen-bond donors (Lipinski definition) is 1. The van der Waals surface area contributed by atoms with E-state index in [1.54, 1.807) is 4.68 Å². The highest BCUT2D eigenvalue weighted by Gasteiger charge is 2.07. The van der Waals surface area contributed by atoms with Crippen LogP contribution in [0.1, 0.15) is 0 Å². The van der Waals surface area contributed by atoms with Gasteiger partial charge in [-0.2, -0.15) is 5.10 Å². The highest BCUT2D eigenvalue weighted by Crippen LogP contribution is 2.29. The Hall–Kier alpha value is -1.74. The van der Waals surface area contributed by atoms with E-state index in [9.17, 15) is 0 Å². The van der Waals surface area contributed by atoms with Crippen LogP contribution in [0.15, 0.2) is 36.8 Å². The summed E-state index contributed by atoms with van der Waals surface area (Å²) < 4.78 is 1.79. The van der Waals surface area contributed by atoms with Gasteiger partial charge in [0.25, 0.3) is 0 Å². The van der Waals surface area contributed by atoms with E-state index in [4.69, 9.17) is 11.6 Å². The predicted molar refractivity (Wildman–Crippen MR) is 65.5 cm³/mol. The summed E-state index contributed by atoms with van der Waals surface area (Å²) in [4.78, 5) is 3.23. The number of aromatic amines is 1. The van der Waals surface area contributed by atoms with Crippen LogP contribution in [0.3, 0.4) is 0 Å². The first kappa shape index (κ1) is 9.48. The Morgan fingerprint density at radius 3 is 3.00 bits per heavy atom. The standard InChI is InChI=1S/C12H10ClN3/c1-16-7-8(5-15-16)11-6-14-12-3-2-9(13)4-10(11)12/h2-7,14H,1H3. The van der Waals surface area contributed by atoms with Crippen LogP contribution in [0.4, 0.5) is 0 Å². The van der Waals surface area contributed by atoms with Crippen LogP contribution < -0.4 is 0 Å². The second-order valence-electron chi connectivity index (χ2n) is 3.79. The maximum absolute atomic E-state index is 6.01. The van der Waals surface area contributed by atoms with Crippen molar-refractivity contribution < 1.29 is 0 Å². The first-order chi connectivity index (χ1) is 7.74. The van der Waals surface area contributed by atoms with Crippen LogP contribution in [0.2, 0.25) is 5.02 Å². The average molecular weight is 232 g/mol. The number of halogens is 1. The molecular formula is C12H10ClN3. The number of H-pyrrole nitrogens is 1. The molecule has 0 spiro atoms. The number of fused-ring (bicyclic) bond motifs is 1. The Bertz CT molecular complexity index is 651. The van der Waals surface area contributed by atoms with E-state index in [2.05, 4.69) is 10.1 Å². The molecule has 0 amide bonds. The van der Waals surface area contributed by atoms with Gasteiger partial charge < -0.3 is 4.98 Å².